The van der Waals surface area contributed by atoms with Gasteiger partial charge in [-0.25, -0.2) is 13.2 Å². The van der Waals surface area contributed by atoms with E-state index in [2.05, 4.69) is 0 Å². The molecule has 1 atom stereocenters. The van der Waals surface area contributed by atoms with Gasteiger partial charge < -0.3 is 20.5 Å². The molecule has 1 aromatic heterocycles. The van der Waals surface area contributed by atoms with Crippen LogP contribution in [0.4, 0.5) is 13.2 Å². The molecular formula is C24H25F3N4O6S2. The van der Waals surface area contributed by atoms with E-state index in [9.17, 15) is 26.4 Å². The van der Waals surface area contributed by atoms with Crippen molar-refractivity contribution in [2.24, 2.45) is 5.73 Å². The summed E-state index contributed by atoms with van der Waals surface area (Å²) in [6.45, 7) is 0.836. The Morgan fingerprint density at radius 3 is 2.44 bits per heavy atom. The first-order chi connectivity index (χ1) is 18.1. The largest absolute Gasteiger partial charge is 0.497 e. The van der Waals surface area contributed by atoms with Crippen LogP contribution in [0, 0.1) is 5.41 Å². The molecule has 10 nitrogen and oxygen atoms in total. The summed E-state index contributed by atoms with van der Waals surface area (Å²) in [6, 6.07) is 11.4. The molecule has 0 aliphatic carbocycles. The average molecular weight is 587 g/mol. The lowest BCUT2D eigenvalue weighted by molar-refractivity contribution is -0.192. The lowest BCUT2D eigenvalue weighted by Gasteiger charge is -2.23. The minimum absolute atomic E-state index is 0.0167. The molecule has 2 heterocycles. The molecule has 2 aromatic carbocycles. The molecule has 0 spiro atoms. The van der Waals surface area contributed by atoms with Crippen LogP contribution in [-0.4, -0.2) is 73.4 Å². The van der Waals surface area contributed by atoms with Gasteiger partial charge in [-0.3, -0.25) is 10.2 Å². The van der Waals surface area contributed by atoms with Crippen LogP contribution >= 0.6 is 11.3 Å². The van der Waals surface area contributed by atoms with E-state index in [1.807, 2.05) is 12.1 Å². The van der Waals surface area contributed by atoms with E-state index in [0.29, 0.717) is 30.8 Å². The number of alkyl halides is 3. The van der Waals surface area contributed by atoms with E-state index >= 15 is 0 Å². The van der Waals surface area contributed by atoms with E-state index in [-0.39, 0.29) is 16.6 Å². The van der Waals surface area contributed by atoms with Gasteiger partial charge in [0.2, 0.25) is 15.9 Å². The van der Waals surface area contributed by atoms with Crippen molar-refractivity contribution in [3.63, 3.8) is 0 Å². The number of carbonyl (C=O) groups excluding carboxylic acids is 1. The maximum atomic E-state index is 13.3. The summed E-state index contributed by atoms with van der Waals surface area (Å²) in [5.74, 6) is -2.36. The van der Waals surface area contributed by atoms with Gasteiger partial charge in [-0.05, 0) is 47.5 Å². The minimum Gasteiger partial charge on any atom is -0.497 e. The predicted octanol–water partition coefficient (Wildman–Crippen LogP) is 3.25. The average Bonchev–Trinajstić information content (AvgIpc) is 3.49. The normalized spacial score (nSPS) is 15.8. The number of sulfonamides is 1. The van der Waals surface area contributed by atoms with Crippen LogP contribution in [0.2, 0.25) is 0 Å². The third kappa shape index (κ3) is 6.85. The number of amides is 1. The first-order valence-corrected chi connectivity index (χ1v) is 13.5. The number of halogens is 3. The number of thiophene rings is 1. The summed E-state index contributed by atoms with van der Waals surface area (Å²) in [4.78, 5) is 24.6. The molecule has 210 valence electrons. The van der Waals surface area contributed by atoms with Crippen LogP contribution in [0.1, 0.15) is 16.9 Å². The Bertz CT molecular complexity index is 1510. The molecule has 1 aliphatic rings. The number of nitrogens with one attached hydrogen (secondary N) is 1. The number of aliphatic carboxylic acids is 1. The van der Waals surface area contributed by atoms with Crippen LogP contribution in [0.3, 0.4) is 0 Å². The Morgan fingerprint density at radius 2 is 1.87 bits per heavy atom. The highest BCUT2D eigenvalue weighted by atomic mass is 32.2. The van der Waals surface area contributed by atoms with Gasteiger partial charge in [-0.1, -0.05) is 12.1 Å². The van der Waals surface area contributed by atoms with Crippen LogP contribution in [0.15, 0.2) is 52.7 Å². The number of hydrogen-bond acceptors (Lipinski definition) is 7. The summed E-state index contributed by atoms with van der Waals surface area (Å²) in [5, 5.41) is 18.1. The summed E-state index contributed by atoms with van der Waals surface area (Å²) in [7, 11) is -0.853. The smallest absolute Gasteiger partial charge is 0.490 e. The van der Waals surface area contributed by atoms with Crippen molar-refractivity contribution in [2.45, 2.75) is 30.1 Å². The molecule has 1 aliphatic heterocycles. The van der Waals surface area contributed by atoms with Crippen molar-refractivity contribution in [3.05, 3.63) is 58.3 Å². The number of nitrogen functional groups attached to an aromatic ring is 1. The molecule has 15 heteroatoms. The number of likely N-dealkylation sites (N-methyl/N-ethyl adjacent to an activating group) is 1. The monoisotopic (exact) mass is 586 g/mol. The zero-order valence-electron chi connectivity index (χ0n) is 20.7. The summed E-state index contributed by atoms with van der Waals surface area (Å²) >= 11 is 1.43. The van der Waals surface area contributed by atoms with Crippen molar-refractivity contribution in [1.29, 1.82) is 5.41 Å². The number of nitrogens with two attached hydrogens (primary N) is 1. The molecule has 39 heavy (non-hydrogen) atoms. The third-order valence-corrected chi connectivity index (χ3v) is 8.74. The topological polar surface area (TPSA) is 154 Å². The number of fused-ring (bicyclic) bond motifs is 1. The number of amidine groups is 1. The second kappa shape index (κ2) is 11.6. The fraction of sp³-hybridized carbons (Fsp3) is 0.292. The first-order valence-electron chi connectivity index (χ1n) is 11.2. The van der Waals surface area contributed by atoms with Crippen molar-refractivity contribution in [1.82, 2.24) is 9.21 Å². The van der Waals surface area contributed by atoms with Gasteiger partial charge in [0.15, 0.2) is 0 Å². The van der Waals surface area contributed by atoms with Crippen LogP contribution in [-0.2, 0) is 26.2 Å². The fourth-order valence-corrected chi connectivity index (χ4v) is 6.11. The Kier molecular flexibility index (Phi) is 8.87. The van der Waals surface area contributed by atoms with Gasteiger partial charge in [0.05, 0.1) is 18.6 Å². The van der Waals surface area contributed by atoms with Crippen LogP contribution < -0.4 is 10.5 Å². The number of carboxylic acids is 1. The molecule has 0 bridgehead atoms. The van der Waals surface area contributed by atoms with Gasteiger partial charge in [-0.2, -0.15) is 17.5 Å². The molecular weight excluding hydrogens is 561 g/mol. The summed E-state index contributed by atoms with van der Waals surface area (Å²) in [5.41, 5.74) is 6.13. The number of nitrogens with zero attached hydrogens (tertiary/aromatic N) is 2. The standard InChI is InChI=1S/C22H24N4O4S2.C2HF3O2/c1-25(20-7-8-26(22(20)27)12-18-10-16(13-31-18)21(23)24)32(28,29)19-6-4-14-3-5-17(30-2)9-15(14)11-19;3-2(4,5)1(6)7/h3-6,9-11,13,20H,7-8,12H2,1-2H3,(H3,23,24);(H,6,7). The van der Waals surface area contributed by atoms with E-state index < -0.39 is 28.2 Å². The Balaban J connectivity index is 0.000000532. The number of benzene rings is 2. The molecule has 3 aromatic rings. The van der Waals surface area contributed by atoms with Gasteiger partial charge in [-0.15, -0.1) is 11.3 Å². The van der Waals surface area contributed by atoms with Gasteiger partial charge >= 0.3 is 12.1 Å². The highest BCUT2D eigenvalue weighted by Gasteiger charge is 2.40. The second-order valence-electron chi connectivity index (χ2n) is 8.48. The van der Waals surface area contributed by atoms with Gasteiger partial charge in [0, 0.05) is 29.4 Å². The highest BCUT2D eigenvalue weighted by Crippen LogP contribution is 2.29. The molecule has 1 amide bonds. The summed E-state index contributed by atoms with van der Waals surface area (Å²) < 4.78 is 64.7. The SMILES string of the molecule is COc1ccc2ccc(S(=O)(=O)N(C)C3CCN(Cc4cc(C(=N)N)cs4)C3=O)cc2c1.O=C(O)C(F)(F)F. The van der Waals surface area contributed by atoms with Crippen molar-refractivity contribution in [3.8, 4) is 5.75 Å². The number of rotatable bonds is 7. The molecule has 1 unspecified atom stereocenters. The maximum Gasteiger partial charge on any atom is 0.490 e. The number of methoxy groups -OCH3 is 1. The quantitative estimate of drug-likeness (QED) is 0.284. The first kappa shape index (κ1) is 29.9. The predicted molar refractivity (Wildman–Crippen MR) is 138 cm³/mol. The van der Waals surface area contributed by atoms with Crippen molar-refractivity contribution >= 4 is 49.8 Å². The second-order valence-corrected chi connectivity index (χ2v) is 11.5. The molecule has 4 N–H and O–H groups in total. The van der Waals surface area contributed by atoms with Crippen LogP contribution in [0.5, 0.6) is 5.75 Å². The number of ether oxygens (including phenoxy) is 1. The molecule has 0 radical (unpaired) electrons. The number of hydrogen-bond donors (Lipinski definition) is 3. The lowest BCUT2D eigenvalue weighted by atomic mass is 10.1. The third-order valence-electron chi connectivity index (χ3n) is 5.96. The highest BCUT2D eigenvalue weighted by molar-refractivity contribution is 7.89. The lowest BCUT2D eigenvalue weighted by Crippen LogP contribution is -2.42. The number of likely N-dealkylation sites (tertiary alicyclic amines) is 1. The van der Waals surface area contributed by atoms with Crippen LogP contribution in [0.25, 0.3) is 10.8 Å². The molecule has 1 fully saturated rings. The molecule has 4 rings (SSSR count). The van der Waals surface area contributed by atoms with E-state index in [0.717, 1.165) is 15.6 Å². The van der Waals surface area contributed by atoms with E-state index in [4.69, 9.17) is 25.8 Å². The Hall–Kier alpha value is -3.69. The van der Waals surface area contributed by atoms with E-state index in [1.165, 1.54) is 22.7 Å². The zero-order chi connectivity index (χ0) is 29.1. The number of carboxylic acid groups (broad SMARTS) is 1. The fourth-order valence-electron chi connectivity index (χ4n) is 3.83. The van der Waals surface area contributed by atoms with Crippen molar-refractivity contribution in [2.75, 3.05) is 20.7 Å². The number of carbonyl (C=O) groups is 2. The molecule has 0 saturated carbocycles. The van der Waals surface area contributed by atoms with Gasteiger partial charge in [0.25, 0.3) is 0 Å². The summed E-state index contributed by atoms with van der Waals surface area (Å²) in [6.07, 6.45) is -4.67. The van der Waals surface area contributed by atoms with Gasteiger partial charge in [0.1, 0.15) is 17.6 Å². The minimum atomic E-state index is -5.08. The Morgan fingerprint density at radius 1 is 1.23 bits per heavy atom. The zero-order valence-corrected chi connectivity index (χ0v) is 22.4. The van der Waals surface area contributed by atoms with E-state index in [1.54, 1.807) is 47.7 Å². The molecule has 1 saturated heterocycles. The Labute approximate surface area is 225 Å². The van der Waals surface area contributed by atoms with Crippen molar-refractivity contribution < 1.29 is 41.0 Å². The maximum absolute atomic E-state index is 13.3.